The van der Waals surface area contributed by atoms with Gasteiger partial charge in [-0.15, -0.1) is 0 Å². The number of nitrogens with one attached hydrogen (secondary N) is 5. The van der Waals surface area contributed by atoms with Crippen LogP contribution in [0.3, 0.4) is 0 Å². The predicted octanol–water partition coefficient (Wildman–Crippen LogP) is -1.20. The van der Waals surface area contributed by atoms with E-state index < -0.39 is 5.69 Å². The molecular weight excluding hydrogens is 324 g/mol. The Labute approximate surface area is 135 Å². The standard InChI is InChI=1S/C6H9N3O2S.C6H9N3O2/c1-11-8-4-9-5(10)2-3-7-6(9)12;1-7-2-4-3-8-6(11)9-5(4)10/h2-3,8H,4H2,1H3,(H,7,12);3,7H,2H2,1H3,(H2,8,9,10,11). The number of rotatable bonds is 5. The van der Waals surface area contributed by atoms with Crippen LogP contribution < -0.4 is 27.6 Å². The third kappa shape index (κ3) is 6.12. The summed E-state index contributed by atoms with van der Waals surface area (Å²) in [5.74, 6) is 0. The van der Waals surface area contributed by atoms with Gasteiger partial charge in [-0.25, -0.2) is 4.79 Å². The maximum atomic E-state index is 11.1. The van der Waals surface area contributed by atoms with E-state index in [4.69, 9.17) is 12.2 Å². The number of H-pyrrole nitrogens is 3. The Morgan fingerprint density at radius 2 is 2.04 bits per heavy atom. The number of hydrogen-bond donors (Lipinski definition) is 5. The molecular formula is C12H18N6O4S. The smallest absolute Gasteiger partial charge is 0.325 e. The third-order valence-corrected chi connectivity index (χ3v) is 2.91. The Bertz CT molecular complexity index is 808. The van der Waals surface area contributed by atoms with Crippen LogP contribution in [0.25, 0.3) is 0 Å². The number of aromatic nitrogens is 4. The van der Waals surface area contributed by atoms with E-state index in [0.717, 1.165) is 0 Å². The van der Waals surface area contributed by atoms with Crippen LogP contribution in [0.5, 0.6) is 0 Å². The van der Waals surface area contributed by atoms with Gasteiger partial charge in [0, 0.05) is 30.6 Å². The Hall–Kier alpha value is -2.34. The lowest BCUT2D eigenvalue weighted by Crippen LogP contribution is -2.28. The molecule has 0 aliphatic heterocycles. The van der Waals surface area contributed by atoms with E-state index in [1.165, 1.54) is 30.1 Å². The van der Waals surface area contributed by atoms with Crippen LogP contribution in [0, 0.1) is 4.77 Å². The van der Waals surface area contributed by atoms with Crippen LogP contribution >= 0.6 is 12.2 Å². The molecule has 2 rings (SSSR count). The van der Waals surface area contributed by atoms with Crippen molar-refractivity contribution in [1.82, 2.24) is 30.3 Å². The first kappa shape index (κ1) is 18.7. The molecule has 0 spiro atoms. The molecule has 0 aromatic carbocycles. The van der Waals surface area contributed by atoms with E-state index in [9.17, 15) is 14.4 Å². The van der Waals surface area contributed by atoms with Gasteiger partial charge in [-0.1, -0.05) is 0 Å². The molecule has 0 atom stereocenters. The van der Waals surface area contributed by atoms with Crippen molar-refractivity contribution in [1.29, 1.82) is 0 Å². The fourth-order valence-corrected chi connectivity index (χ4v) is 1.71. The predicted molar refractivity (Wildman–Crippen MR) is 86.5 cm³/mol. The van der Waals surface area contributed by atoms with Gasteiger partial charge < -0.3 is 20.1 Å². The highest BCUT2D eigenvalue weighted by Crippen LogP contribution is 1.81. The Balaban J connectivity index is 0.000000231. The van der Waals surface area contributed by atoms with Crippen LogP contribution in [-0.4, -0.2) is 33.7 Å². The van der Waals surface area contributed by atoms with E-state index in [0.29, 0.717) is 16.9 Å². The number of hydroxylamine groups is 1. The number of hydrogen-bond acceptors (Lipinski definition) is 7. The Morgan fingerprint density at radius 3 is 2.61 bits per heavy atom. The van der Waals surface area contributed by atoms with E-state index in [1.807, 2.05) is 0 Å². The molecule has 0 aliphatic rings. The van der Waals surface area contributed by atoms with Gasteiger partial charge in [-0.3, -0.25) is 19.1 Å². The average Bonchev–Trinajstić information content (AvgIpc) is 2.51. The maximum absolute atomic E-state index is 11.1. The molecule has 0 bridgehead atoms. The summed E-state index contributed by atoms with van der Waals surface area (Å²) in [6.07, 6.45) is 2.91. The topological polar surface area (TPSA) is 137 Å². The minimum absolute atomic E-state index is 0.164. The summed E-state index contributed by atoms with van der Waals surface area (Å²) >= 11 is 4.86. The number of nitrogens with zero attached hydrogens (tertiary/aromatic N) is 1. The van der Waals surface area contributed by atoms with Crippen molar-refractivity contribution in [2.75, 3.05) is 14.2 Å². The van der Waals surface area contributed by atoms with Crippen LogP contribution in [0.1, 0.15) is 5.56 Å². The van der Waals surface area contributed by atoms with Gasteiger partial charge in [0.15, 0.2) is 4.77 Å². The summed E-state index contributed by atoms with van der Waals surface area (Å²) in [6, 6.07) is 1.40. The van der Waals surface area contributed by atoms with Crippen molar-refractivity contribution in [2.24, 2.45) is 0 Å². The fraction of sp³-hybridized carbons (Fsp3) is 0.333. The molecule has 0 saturated heterocycles. The molecule has 0 unspecified atom stereocenters. The molecule has 0 fully saturated rings. The normalized spacial score (nSPS) is 10.0. The second-order valence-electron chi connectivity index (χ2n) is 4.18. The zero-order chi connectivity index (χ0) is 17.2. The minimum atomic E-state index is -0.477. The molecule has 0 amide bonds. The average molecular weight is 342 g/mol. The molecule has 0 radical (unpaired) electrons. The van der Waals surface area contributed by atoms with Gasteiger partial charge in [0.05, 0.1) is 7.11 Å². The molecule has 0 aliphatic carbocycles. The van der Waals surface area contributed by atoms with Gasteiger partial charge in [0.1, 0.15) is 6.67 Å². The van der Waals surface area contributed by atoms with Crippen LogP contribution in [0.2, 0.25) is 0 Å². The first-order valence-corrected chi connectivity index (χ1v) is 6.90. The summed E-state index contributed by atoms with van der Waals surface area (Å²) < 4.78 is 1.71. The van der Waals surface area contributed by atoms with Gasteiger partial charge in [-0.2, -0.15) is 5.48 Å². The van der Waals surface area contributed by atoms with Crippen LogP contribution in [-0.2, 0) is 18.1 Å². The SMILES string of the molecule is CNCc1c[nH]c(=O)[nH]c1=O.CONCn1c(=O)cc[nH]c1=S. The van der Waals surface area contributed by atoms with Crippen LogP contribution in [0.4, 0.5) is 0 Å². The van der Waals surface area contributed by atoms with Gasteiger partial charge in [0.25, 0.3) is 11.1 Å². The summed E-state index contributed by atoms with van der Waals surface area (Å²) in [7, 11) is 3.20. The molecule has 2 aromatic heterocycles. The quantitative estimate of drug-likeness (QED) is 0.340. The Morgan fingerprint density at radius 1 is 1.30 bits per heavy atom. The molecule has 10 nitrogen and oxygen atoms in total. The summed E-state index contributed by atoms with van der Waals surface area (Å²) in [6.45, 7) is 0.692. The summed E-state index contributed by atoms with van der Waals surface area (Å²) in [5, 5.41) is 2.80. The molecule has 11 heteroatoms. The lowest BCUT2D eigenvalue weighted by Gasteiger charge is -2.04. The van der Waals surface area contributed by atoms with Crippen molar-refractivity contribution >= 4 is 12.2 Å². The van der Waals surface area contributed by atoms with Gasteiger partial charge in [-0.05, 0) is 19.3 Å². The lowest BCUT2D eigenvalue weighted by molar-refractivity contribution is 0.0689. The zero-order valence-electron chi connectivity index (χ0n) is 12.6. The van der Waals surface area contributed by atoms with E-state index >= 15 is 0 Å². The molecule has 2 heterocycles. The van der Waals surface area contributed by atoms with Crippen molar-refractivity contribution in [2.45, 2.75) is 13.2 Å². The molecule has 126 valence electrons. The monoisotopic (exact) mass is 342 g/mol. The zero-order valence-corrected chi connectivity index (χ0v) is 13.5. The van der Waals surface area contributed by atoms with Crippen molar-refractivity contribution in [3.05, 3.63) is 60.0 Å². The molecule has 23 heavy (non-hydrogen) atoms. The highest BCUT2D eigenvalue weighted by atomic mass is 32.1. The lowest BCUT2D eigenvalue weighted by atomic mass is 10.3. The van der Waals surface area contributed by atoms with E-state index in [-0.39, 0.29) is 17.8 Å². The maximum Gasteiger partial charge on any atom is 0.325 e. The van der Waals surface area contributed by atoms with E-state index in [2.05, 4.69) is 30.6 Å². The highest BCUT2D eigenvalue weighted by Gasteiger charge is 1.96. The first-order valence-electron chi connectivity index (χ1n) is 6.49. The minimum Gasteiger partial charge on any atom is -0.339 e. The molecule has 2 aromatic rings. The summed E-state index contributed by atoms with van der Waals surface area (Å²) in [4.78, 5) is 44.4. The highest BCUT2D eigenvalue weighted by molar-refractivity contribution is 7.71. The van der Waals surface area contributed by atoms with Crippen molar-refractivity contribution in [3.63, 3.8) is 0 Å². The largest absolute Gasteiger partial charge is 0.339 e. The van der Waals surface area contributed by atoms with Crippen LogP contribution in [0.15, 0.2) is 32.8 Å². The fourth-order valence-electron chi connectivity index (χ4n) is 1.49. The van der Waals surface area contributed by atoms with Gasteiger partial charge in [0.2, 0.25) is 0 Å². The molecule has 5 N–H and O–H groups in total. The first-order chi connectivity index (χ1) is 11.0. The number of aromatic amines is 3. The summed E-state index contributed by atoms with van der Waals surface area (Å²) in [5.41, 5.74) is 2.06. The van der Waals surface area contributed by atoms with Crippen molar-refractivity contribution < 1.29 is 4.84 Å². The molecule has 0 saturated carbocycles. The Kier molecular flexibility index (Phi) is 7.83. The second kappa shape index (κ2) is 9.63. The van der Waals surface area contributed by atoms with Crippen molar-refractivity contribution in [3.8, 4) is 0 Å². The second-order valence-corrected chi connectivity index (χ2v) is 4.57. The van der Waals surface area contributed by atoms with E-state index in [1.54, 1.807) is 7.05 Å². The van der Waals surface area contributed by atoms with Gasteiger partial charge >= 0.3 is 5.69 Å². The third-order valence-electron chi connectivity index (χ3n) is 2.57.